The van der Waals surface area contributed by atoms with E-state index in [1.807, 2.05) is 0 Å². The highest BCUT2D eigenvalue weighted by Crippen LogP contribution is 2.39. The van der Waals surface area contributed by atoms with Gasteiger partial charge in [-0.25, -0.2) is 0 Å². The molecule has 0 N–H and O–H groups in total. The number of nitrogens with zero attached hydrogens (tertiary/aromatic N) is 1. The van der Waals surface area contributed by atoms with Crippen LogP contribution in [-0.4, -0.2) is 30.8 Å². The Bertz CT molecular complexity index is 643. The largest absolute Gasteiger partial charge is 0.477 e. The number of methoxy groups -OCH3 is 1. The van der Waals surface area contributed by atoms with Gasteiger partial charge in [0.25, 0.3) is 0 Å². The summed E-state index contributed by atoms with van der Waals surface area (Å²) in [6, 6.07) is 3.54. The van der Waals surface area contributed by atoms with Crippen LogP contribution < -0.4 is 4.74 Å². The number of rotatable bonds is 7. The highest BCUT2D eigenvalue weighted by Gasteiger charge is 2.32. The highest BCUT2D eigenvalue weighted by molar-refractivity contribution is 5.78. The average Bonchev–Trinajstić information content (AvgIpc) is 2.50. The standard InChI is InChI=1S/C16H18F3NO5/c1-24-15(21)12(7-10-3-2-4-10)11-5-6-13(20(22)23)14(8-11)25-9-16(17,18)19/h5-6,8,10,12H,2-4,7,9H2,1H3. The Hall–Kier alpha value is -2.32. The molecule has 1 fully saturated rings. The van der Waals surface area contributed by atoms with Crippen LogP contribution in [0.15, 0.2) is 18.2 Å². The lowest BCUT2D eigenvalue weighted by Gasteiger charge is -2.28. The van der Waals surface area contributed by atoms with Crippen LogP contribution in [0.4, 0.5) is 18.9 Å². The first-order valence-electron chi connectivity index (χ1n) is 7.77. The zero-order chi connectivity index (χ0) is 18.6. The summed E-state index contributed by atoms with van der Waals surface area (Å²) in [7, 11) is 1.22. The molecule has 138 valence electrons. The van der Waals surface area contributed by atoms with Crippen LogP contribution in [-0.2, 0) is 9.53 Å². The Labute approximate surface area is 142 Å². The maximum atomic E-state index is 12.4. The molecule has 25 heavy (non-hydrogen) atoms. The number of ether oxygens (including phenoxy) is 2. The second-order valence-corrected chi connectivity index (χ2v) is 6.00. The van der Waals surface area contributed by atoms with Crippen LogP contribution in [0.2, 0.25) is 0 Å². The Balaban J connectivity index is 2.30. The summed E-state index contributed by atoms with van der Waals surface area (Å²) in [5, 5.41) is 11.0. The lowest BCUT2D eigenvalue weighted by Crippen LogP contribution is -2.22. The third kappa shape index (κ3) is 5.07. The normalized spacial score (nSPS) is 16.0. The number of hydrogen-bond acceptors (Lipinski definition) is 5. The van der Waals surface area contributed by atoms with Crippen LogP contribution in [0.3, 0.4) is 0 Å². The fraction of sp³-hybridized carbons (Fsp3) is 0.562. The van der Waals surface area contributed by atoms with E-state index in [9.17, 15) is 28.1 Å². The van der Waals surface area contributed by atoms with Crippen molar-refractivity contribution in [1.29, 1.82) is 0 Å². The van der Waals surface area contributed by atoms with Gasteiger partial charge in [-0.1, -0.05) is 25.3 Å². The Morgan fingerprint density at radius 1 is 1.40 bits per heavy atom. The smallest absolute Gasteiger partial charge is 0.422 e. The van der Waals surface area contributed by atoms with Gasteiger partial charge in [-0.3, -0.25) is 14.9 Å². The molecule has 0 bridgehead atoms. The predicted molar refractivity (Wildman–Crippen MR) is 81.4 cm³/mol. The molecule has 0 spiro atoms. The van der Waals surface area contributed by atoms with E-state index in [1.54, 1.807) is 0 Å². The summed E-state index contributed by atoms with van der Waals surface area (Å²) in [5.74, 6) is -1.40. The monoisotopic (exact) mass is 361 g/mol. The van der Waals surface area contributed by atoms with Gasteiger partial charge in [0, 0.05) is 6.07 Å². The molecule has 1 aliphatic rings. The Morgan fingerprint density at radius 3 is 2.56 bits per heavy atom. The summed E-state index contributed by atoms with van der Waals surface area (Å²) in [4.78, 5) is 22.2. The highest BCUT2D eigenvalue weighted by atomic mass is 19.4. The Morgan fingerprint density at radius 2 is 2.08 bits per heavy atom. The van der Waals surface area contributed by atoms with Gasteiger partial charge in [-0.15, -0.1) is 0 Å². The molecule has 0 aromatic heterocycles. The molecular formula is C16H18F3NO5. The number of nitro benzene ring substituents is 1. The van der Waals surface area contributed by atoms with E-state index < -0.39 is 41.0 Å². The van der Waals surface area contributed by atoms with Crippen molar-refractivity contribution in [2.75, 3.05) is 13.7 Å². The minimum absolute atomic E-state index is 0.332. The van der Waals surface area contributed by atoms with Crippen molar-refractivity contribution >= 4 is 11.7 Å². The number of halogens is 3. The zero-order valence-electron chi connectivity index (χ0n) is 13.5. The molecule has 0 aliphatic heterocycles. The molecule has 6 nitrogen and oxygen atoms in total. The molecule has 0 amide bonds. The van der Waals surface area contributed by atoms with Gasteiger partial charge < -0.3 is 9.47 Å². The molecule has 0 heterocycles. The minimum Gasteiger partial charge on any atom is -0.477 e. The molecule has 1 atom stereocenters. The lowest BCUT2D eigenvalue weighted by molar-refractivity contribution is -0.386. The second kappa shape index (κ2) is 7.71. The zero-order valence-corrected chi connectivity index (χ0v) is 13.5. The van der Waals surface area contributed by atoms with Gasteiger partial charge in [0.1, 0.15) is 0 Å². The number of nitro groups is 1. The number of carbonyl (C=O) groups is 1. The fourth-order valence-corrected chi connectivity index (χ4v) is 2.75. The van der Waals surface area contributed by atoms with Crippen molar-refractivity contribution in [3.63, 3.8) is 0 Å². The topological polar surface area (TPSA) is 78.7 Å². The summed E-state index contributed by atoms with van der Waals surface area (Å²) < 4.78 is 46.5. The quantitative estimate of drug-likeness (QED) is 0.417. The lowest BCUT2D eigenvalue weighted by atomic mass is 9.77. The van der Waals surface area contributed by atoms with Crippen molar-refractivity contribution in [2.24, 2.45) is 5.92 Å². The van der Waals surface area contributed by atoms with E-state index in [0.717, 1.165) is 31.4 Å². The first-order chi connectivity index (χ1) is 11.7. The van der Waals surface area contributed by atoms with Crippen LogP contribution in [0.1, 0.15) is 37.2 Å². The molecule has 1 unspecified atom stereocenters. The SMILES string of the molecule is COC(=O)C(CC1CCC1)c1ccc([N+](=O)[O-])c(OCC(F)(F)F)c1. The molecule has 0 saturated heterocycles. The van der Waals surface area contributed by atoms with Gasteiger partial charge in [0.2, 0.25) is 0 Å². The van der Waals surface area contributed by atoms with Gasteiger partial charge >= 0.3 is 17.8 Å². The molecule has 0 radical (unpaired) electrons. The summed E-state index contributed by atoms with van der Waals surface area (Å²) in [6.45, 7) is -1.65. The van der Waals surface area contributed by atoms with E-state index in [2.05, 4.69) is 4.74 Å². The van der Waals surface area contributed by atoms with Crippen LogP contribution in [0, 0.1) is 16.0 Å². The Kier molecular flexibility index (Phi) is 5.86. The number of benzene rings is 1. The first-order valence-corrected chi connectivity index (χ1v) is 7.77. The van der Waals surface area contributed by atoms with Crippen molar-refractivity contribution < 1.29 is 32.4 Å². The number of carbonyl (C=O) groups excluding carboxylic acids is 1. The molecule has 1 saturated carbocycles. The summed E-state index contributed by atoms with van der Waals surface area (Å²) in [5.41, 5.74) is -0.234. The van der Waals surface area contributed by atoms with Crippen LogP contribution in [0.5, 0.6) is 5.75 Å². The van der Waals surface area contributed by atoms with Gasteiger partial charge in [-0.05, 0) is 24.0 Å². The van der Waals surface area contributed by atoms with E-state index >= 15 is 0 Å². The molecule has 1 aromatic carbocycles. The number of esters is 1. The third-order valence-electron chi connectivity index (χ3n) is 4.25. The van der Waals surface area contributed by atoms with Crippen molar-refractivity contribution in [2.45, 2.75) is 37.8 Å². The molecule has 1 aliphatic carbocycles. The van der Waals surface area contributed by atoms with E-state index in [-0.39, 0.29) is 0 Å². The van der Waals surface area contributed by atoms with E-state index in [0.29, 0.717) is 17.9 Å². The average molecular weight is 361 g/mol. The van der Waals surface area contributed by atoms with Crippen molar-refractivity contribution in [1.82, 2.24) is 0 Å². The summed E-state index contributed by atoms with van der Waals surface area (Å²) >= 11 is 0. The summed E-state index contributed by atoms with van der Waals surface area (Å²) in [6.07, 6.45) is -1.13. The van der Waals surface area contributed by atoms with E-state index in [1.165, 1.54) is 13.2 Å². The molecule has 1 aromatic rings. The third-order valence-corrected chi connectivity index (χ3v) is 4.25. The number of alkyl halides is 3. The fourth-order valence-electron chi connectivity index (χ4n) is 2.75. The maximum absolute atomic E-state index is 12.4. The van der Waals surface area contributed by atoms with Gasteiger partial charge in [0.15, 0.2) is 12.4 Å². The molecule has 9 heteroatoms. The van der Waals surface area contributed by atoms with E-state index in [4.69, 9.17) is 4.74 Å². The molecule has 2 rings (SSSR count). The maximum Gasteiger partial charge on any atom is 0.422 e. The molecular weight excluding hydrogens is 343 g/mol. The van der Waals surface area contributed by atoms with Crippen molar-refractivity contribution in [3.05, 3.63) is 33.9 Å². The first kappa shape index (κ1) is 19.0. The van der Waals surface area contributed by atoms with Crippen LogP contribution >= 0.6 is 0 Å². The minimum atomic E-state index is -4.63. The predicted octanol–water partition coefficient (Wildman–Crippen LogP) is 3.98. The number of hydrogen-bond donors (Lipinski definition) is 0. The van der Waals surface area contributed by atoms with Crippen LogP contribution in [0.25, 0.3) is 0 Å². The van der Waals surface area contributed by atoms with Gasteiger partial charge in [-0.2, -0.15) is 13.2 Å². The second-order valence-electron chi connectivity index (χ2n) is 6.00. The van der Waals surface area contributed by atoms with Gasteiger partial charge in [0.05, 0.1) is 18.0 Å². The van der Waals surface area contributed by atoms with Crippen molar-refractivity contribution in [3.8, 4) is 5.75 Å².